The van der Waals surface area contributed by atoms with Crippen molar-refractivity contribution in [3.05, 3.63) is 52.1 Å². The normalized spacial score (nSPS) is 16.2. The van der Waals surface area contributed by atoms with Crippen LogP contribution in [-0.2, 0) is 0 Å². The summed E-state index contributed by atoms with van der Waals surface area (Å²) in [5.41, 5.74) is -0.445. The third-order valence-corrected chi connectivity index (χ3v) is 5.19. The number of benzene rings is 2. The van der Waals surface area contributed by atoms with Gasteiger partial charge in [-0.05, 0) is 18.2 Å². The van der Waals surface area contributed by atoms with Gasteiger partial charge in [-0.15, -0.1) is 0 Å². The zero-order chi connectivity index (χ0) is 20.7. The van der Waals surface area contributed by atoms with E-state index in [1.165, 1.54) is 4.90 Å². The van der Waals surface area contributed by atoms with Gasteiger partial charge in [0.2, 0.25) is 0 Å². The standard InChI is InChI=1S/C19H15ClF4N2O3/c20-13-14(21)16(23)18(17(24)15(13)22)25-3-5-26(6-4-25)19(27)10-1-2-11-12(9-10)29-8-7-28-11/h1-2,9H,3-8H2. The van der Waals surface area contributed by atoms with Crippen molar-refractivity contribution >= 4 is 23.2 Å². The fourth-order valence-electron chi connectivity index (χ4n) is 3.36. The molecule has 1 amide bonds. The minimum Gasteiger partial charge on any atom is -0.486 e. The number of ether oxygens (including phenoxy) is 2. The first-order valence-electron chi connectivity index (χ1n) is 8.83. The van der Waals surface area contributed by atoms with E-state index < -0.39 is 34.0 Å². The third kappa shape index (κ3) is 3.43. The highest BCUT2D eigenvalue weighted by Crippen LogP contribution is 2.34. The molecular weight excluding hydrogens is 416 g/mol. The quantitative estimate of drug-likeness (QED) is 0.414. The van der Waals surface area contributed by atoms with Crippen LogP contribution in [0.4, 0.5) is 23.2 Å². The Labute approximate surface area is 168 Å². The van der Waals surface area contributed by atoms with Crippen LogP contribution in [-0.4, -0.2) is 50.2 Å². The molecule has 10 heteroatoms. The van der Waals surface area contributed by atoms with Crippen molar-refractivity contribution in [3.8, 4) is 11.5 Å². The molecule has 0 N–H and O–H groups in total. The number of amides is 1. The topological polar surface area (TPSA) is 42.0 Å². The molecule has 0 spiro atoms. The summed E-state index contributed by atoms with van der Waals surface area (Å²) in [6, 6.07) is 4.82. The van der Waals surface area contributed by atoms with E-state index in [1.54, 1.807) is 18.2 Å². The monoisotopic (exact) mass is 430 g/mol. The van der Waals surface area contributed by atoms with E-state index in [2.05, 4.69) is 0 Å². The highest BCUT2D eigenvalue weighted by molar-refractivity contribution is 6.31. The van der Waals surface area contributed by atoms with Crippen LogP contribution in [0.1, 0.15) is 10.4 Å². The lowest BCUT2D eigenvalue weighted by molar-refractivity contribution is 0.0745. The number of halogens is 5. The van der Waals surface area contributed by atoms with E-state index in [1.807, 2.05) is 0 Å². The van der Waals surface area contributed by atoms with Crippen LogP contribution in [0.5, 0.6) is 11.5 Å². The van der Waals surface area contributed by atoms with Crippen molar-refractivity contribution in [2.75, 3.05) is 44.3 Å². The second-order valence-electron chi connectivity index (χ2n) is 6.56. The number of hydrogen-bond acceptors (Lipinski definition) is 4. The Balaban J connectivity index is 1.50. The van der Waals surface area contributed by atoms with Crippen LogP contribution in [0.3, 0.4) is 0 Å². The molecule has 5 nitrogen and oxygen atoms in total. The van der Waals surface area contributed by atoms with E-state index in [-0.39, 0.29) is 32.1 Å². The van der Waals surface area contributed by atoms with Gasteiger partial charge in [0.1, 0.15) is 23.9 Å². The summed E-state index contributed by atoms with van der Waals surface area (Å²) >= 11 is 5.26. The molecule has 0 aliphatic carbocycles. The largest absolute Gasteiger partial charge is 0.486 e. The van der Waals surface area contributed by atoms with Crippen LogP contribution in [0, 0.1) is 23.3 Å². The number of nitrogens with zero attached hydrogens (tertiary/aromatic N) is 2. The fraction of sp³-hybridized carbons (Fsp3) is 0.316. The Bertz CT molecular complexity index is 951. The van der Waals surface area contributed by atoms with Crippen LogP contribution >= 0.6 is 11.6 Å². The minimum atomic E-state index is -1.64. The molecule has 0 radical (unpaired) electrons. The van der Waals surface area contributed by atoms with E-state index in [4.69, 9.17) is 21.1 Å². The molecule has 0 bridgehead atoms. The number of carbonyl (C=O) groups excluding carboxylic acids is 1. The zero-order valence-corrected chi connectivity index (χ0v) is 15.7. The highest BCUT2D eigenvalue weighted by atomic mass is 35.5. The molecule has 2 aliphatic rings. The molecule has 2 heterocycles. The lowest BCUT2D eigenvalue weighted by Gasteiger charge is -2.36. The van der Waals surface area contributed by atoms with Crippen molar-refractivity contribution in [2.24, 2.45) is 0 Å². The van der Waals surface area contributed by atoms with E-state index in [0.717, 1.165) is 4.90 Å². The Kier molecular flexibility index (Phi) is 5.16. The zero-order valence-electron chi connectivity index (χ0n) is 15.0. The van der Waals surface area contributed by atoms with Crippen LogP contribution in [0.2, 0.25) is 5.02 Å². The summed E-state index contributed by atoms with van der Waals surface area (Å²) in [5, 5.41) is -1.23. The number of piperazine rings is 1. The van der Waals surface area contributed by atoms with E-state index in [9.17, 15) is 22.4 Å². The Hall–Kier alpha value is -2.68. The first-order valence-corrected chi connectivity index (χ1v) is 9.21. The van der Waals surface area contributed by atoms with Gasteiger partial charge >= 0.3 is 0 Å². The minimum absolute atomic E-state index is 0.00928. The number of hydrogen-bond donors (Lipinski definition) is 0. The van der Waals surface area contributed by atoms with Crippen molar-refractivity contribution in [1.29, 1.82) is 0 Å². The van der Waals surface area contributed by atoms with Crippen molar-refractivity contribution in [1.82, 2.24) is 4.90 Å². The van der Waals surface area contributed by atoms with E-state index >= 15 is 0 Å². The molecule has 2 aromatic carbocycles. The van der Waals surface area contributed by atoms with E-state index in [0.29, 0.717) is 30.3 Å². The highest BCUT2D eigenvalue weighted by Gasteiger charge is 2.31. The van der Waals surface area contributed by atoms with Crippen LogP contribution in [0.25, 0.3) is 0 Å². The molecule has 2 aliphatic heterocycles. The van der Waals surface area contributed by atoms with Crippen molar-refractivity contribution < 1.29 is 31.8 Å². The van der Waals surface area contributed by atoms with Gasteiger partial charge in [-0.2, -0.15) is 0 Å². The average Bonchev–Trinajstić information content (AvgIpc) is 2.76. The van der Waals surface area contributed by atoms with Crippen LogP contribution < -0.4 is 14.4 Å². The molecule has 1 saturated heterocycles. The van der Waals surface area contributed by atoms with Gasteiger partial charge in [0, 0.05) is 31.7 Å². The number of fused-ring (bicyclic) bond motifs is 1. The molecular formula is C19H15ClF4N2O3. The second-order valence-corrected chi connectivity index (χ2v) is 6.93. The van der Waals surface area contributed by atoms with Gasteiger partial charge in [-0.3, -0.25) is 4.79 Å². The third-order valence-electron chi connectivity index (χ3n) is 4.86. The molecule has 0 atom stereocenters. The maximum absolute atomic E-state index is 14.2. The predicted octanol–water partition coefficient (Wildman–Crippen LogP) is 3.63. The number of anilines is 1. The molecule has 1 fully saturated rings. The maximum Gasteiger partial charge on any atom is 0.254 e. The molecule has 154 valence electrons. The summed E-state index contributed by atoms with van der Waals surface area (Å²) in [4.78, 5) is 15.4. The number of rotatable bonds is 2. The van der Waals surface area contributed by atoms with Gasteiger partial charge in [0.05, 0.1) is 0 Å². The summed E-state index contributed by atoms with van der Waals surface area (Å²) < 4.78 is 66.6. The Morgan fingerprint density at radius 1 is 0.862 bits per heavy atom. The van der Waals surface area contributed by atoms with Crippen LogP contribution in [0.15, 0.2) is 18.2 Å². The van der Waals surface area contributed by atoms with Crippen molar-refractivity contribution in [3.63, 3.8) is 0 Å². The van der Waals surface area contributed by atoms with Gasteiger partial charge in [0.15, 0.2) is 34.8 Å². The van der Waals surface area contributed by atoms with Crippen molar-refractivity contribution in [2.45, 2.75) is 0 Å². The first kappa shape index (κ1) is 19.6. The first-order chi connectivity index (χ1) is 13.9. The van der Waals surface area contributed by atoms with Gasteiger partial charge in [-0.1, -0.05) is 11.6 Å². The summed E-state index contributed by atoms with van der Waals surface area (Å²) in [6.07, 6.45) is 0. The Morgan fingerprint density at radius 2 is 1.45 bits per heavy atom. The molecule has 0 unspecified atom stereocenters. The Morgan fingerprint density at radius 3 is 2.07 bits per heavy atom. The smallest absolute Gasteiger partial charge is 0.254 e. The summed E-state index contributed by atoms with van der Waals surface area (Å²) in [5.74, 6) is -5.67. The van der Waals surface area contributed by atoms with Gasteiger partial charge < -0.3 is 19.3 Å². The lowest BCUT2D eigenvalue weighted by Crippen LogP contribution is -2.49. The lowest BCUT2D eigenvalue weighted by atomic mass is 10.1. The average molecular weight is 431 g/mol. The maximum atomic E-state index is 14.2. The molecule has 29 heavy (non-hydrogen) atoms. The van der Waals surface area contributed by atoms with Gasteiger partial charge in [0.25, 0.3) is 5.91 Å². The number of carbonyl (C=O) groups is 1. The van der Waals surface area contributed by atoms with Gasteiger partial charge in [-0.25, -0.2) is 17.6 Å². The summed E-state index contributed by atoms with van der Waals surface area (Å²) in [7, 11) is 0. The molecule has 4 rings (SSSR count). The summed E-state index contributed by atoms with van der Waals surface area (Å²) in [6.45, 7) is 1.02. The fourth-order valence-corrected chi connectivity index (χ4v) is 3.53. The molecule has 0 saturated carbocycles. The predicted molar refractivity (Wildman–Crippen MR) is 96.8 cm³/mol. The molecule has 2 aromatic rings. The molecule has 0 aromatic heterocycles. The SMILES string of the molecule is O=C(c1ccc2c(c1)OCCO2)N1CCN(c2c(F)c(F)c(Cl)c(F)c2F)CC1. The second kappa shape index (κ2) is 7.62.